The van der Waals surface area contributed by atoms with Crippen LogP contribution in [0.5, 0.6) is 5.75 Å². The summed E-state index contributed by atoms with van der Waals surface area (Å²) in [7, 11) is 1.45. The number of nitrogens with one attached hydrogen (secondary N) is 2. The number of hydrogen-bond acceptors (Lipinski definition) is 3. The minimum Gasteiger partial charge on any atom is -0.496 e. The molecule has 0 aliphatic heterocycles. The second kappa shape index (κ2) is 4.90. The van der Waals surface area contributed by atoms with Crippen LogP contribution in [0.2, 0.25) is 0 Å². The Kier molecular flexibility index (Phi) is 3.06. The first-order valence-electron chi connectivity index (χ1n) is 6.19. The van der Waals surface area contributed by atoms with Crippen molar-refractivity contribution in [2.24, 2.45) is 0 Å². The highest BCUT2D eigenvalue weighted by Gasteiger charge is 2.13. The van der Waals surface area contributed by atoms with E-state index in [4.69, 9.17) is 4.74 Å². The van der Waals surface area contributed by atoms with Gasteiger partial charge in [-0.2, -0.15) is 0 Å². The second-order valence-corrected chi connectivity index (χ2v) is 4.49. The molecule has 1 aromatic heterocycles. The summed E-state index contributed by atoms with van der Waals surface area (Å²) in [6, 6.07) is 9.21. The lowest BCUT2D eigenvalue weighted by atomic mass is 10.0. The third-order valence-corrected chi connectivity index (χ3v) is 3.22. The molecule has 5 nitrogen and oxygen atoms in total. The maximum Gasteiger partial charge on any atom is 0.326 e. The summed E-state index contributed by atoms with van der Waals surface area (Å²) in [6.07, 6.45) is 0. The fraction of sp³-hybridized carbons (Fsp3) is 0.0667. The molecule has 0 unspecified atom stereocenters. The van der Waals surface area contributed by atoms with Gasteiger partial charge in [0.1, 0.15) is 11.6 Å². The average Bonchev–Trinajstić information content (AvgIpc) is 2.46. The molecule has 1 heterocycles. The highest BCUT2D eigenvalue weighted by Crippen LogP contribution is 2.33. The van der Waals surface area contributed by atoms with Gasteiger partial charge >= 0.3 is 5.69 Å². The van der Waals surface area contributed by atoms with Crippen molar-refractivity contribution in [1.82, 2.24) is 9.97 Å². The Bertz CT molecular complexity index is 944. The summed E-state index contributed by atoms with van der Waals surface area (Å²) in [6.45, 7) is 0. The Balaban J connectivity index is 2.32. The van der Waals surface area contributed by atoms with E-state index in [1.807, 2.05) is 0 Å². The number of halogens is 1. The predicted octanol–water partition coefficient (Wildman–Crippen LogP) is 2.03. The maximum atomic E-state index is 14.1. The summed E-state index contributed by atoms with van der Waals surface area (Å²) >= 11 is 0. The number of aromatic amines is 2. The summed E-state index contributed by atoms with van der Waals surface area (Å²) in [5, 5.41) is 0.275. The van der Waals surface area contributed by atoms with Crippen LogP contribution >= 0.6 is 0 Å². The highest BCUT2D eigenvalue weighted by atomic mass is 19.1. The van der Waals surface area contributed by atoms with Crippen molar-refractivity contribution in [1.29, 1.82) is 0 Å². The molecule has 0 atom stereocenters. The van der Waals surface area contributed by atoms with Gasteiger partial charge in [0.05, 0.1) is 23.6 Å². The zero-order chi connectivity index (χ0) is 15.0. The van der Waals surface area contributed by atoms with Gasteiger partial charge in [-0.1, -0.05) is 12.1 Å². The van der Waals surface area contributed by atoms with E-state index in [1.54, 1.807) is 24.3 Å². The van der Waals surface area contributed by atoms with Gasteiger partial charge < -0.3 is 9.72 Å². The second-order valence-electron chi connectivity index (χ2n) is 4.49. The molecule has 0 aliphatic carbocycles. The molecule has 0 aliphatic rings. The Hall–Kier alpha value is -2.89. The molecule has 6 heteroatoms. The molecule has 2 N–H and O–H groups in total. The van der Waals surface area contributed by atoms with Crippen LogP contribution in [-0.2, 0) is 0 Å². The molecule has 0 spiro atoms. The van der Waals surface area contributed by atoms with Crippen LogP contribution in [0.15, 0.2) is 46.0 Å². The molecule has 0 amide bonds. The minimum absolute atomic E-state index is 0.271. The molecule has 2 aromatic carbocycles. The van der Waals surface area contributed by atoms with E-state index in [0.717, 1.165) is 0 Å². The summed E-state index contributed by atoms with van der Waals surface area (Å²) in [5.41, 5.74) is 0.0555. The van der Waals surface area contributed by atoms with Crippen molar-refractivity contribution < 1.29 is 9.13 Å². The number of H-pyrrole nitrogens is 2. The van der Waals surface area contributed by atoms with E-state index in [2.05, 4.69) is 9.97 Å². The summed E-state index contributed by atoms with van der Waals surface area (Å²) < 4.78 is 19.2. The third-order valence-electron chi connectivity index (χ3n) is 3.22. The predicted molar refractivity (Wildman–Crippen MR) is 77.1 cm³/mol. The van der Waals surface area contributed by atoms with Crippen LogP contribution in [-0.4, -0.2) is 17.1 Å². The molecular formula is C15H11FN2O3. The Morgan fingerprint density at radius 2 is 1.90 bits per heavy atom. The molecule has 3 rings (SSSR count). The number of fused-ring (bicyclic) bond motifs is 1. The maximum absolute atomic E-state index is 14.1. The molecule has 0 radical (unpaired) electrons. The number of rotatable bonds is 2. The first kappa shape index (κ1) is 13.1. The van der Waals surface area contributed by atoms with Gasteiger partial charge in [-0.3, -0.25) is 9.78 Å². The number of hydrogen-bond donors (Lipinski definition) is 2. The van der Waals surface area contributed by atoms with Crippen LogP contribution in [0.3, 0.4) is 0 Å². The first-order valence-corrected chi connectivity index (χ1v) is 6.19. The lowest BCUT2D eigenvalue weighted by Gasteiger charge is -2.10. The van der Waals surface area contributed by atoms with Crippen LogP contribution in [0.1, 0.15) is 0 Å². The summed E-state index contributed by atoms with van der Waals surface area (Å²) in [4.78, 5) is 27.7. The van der Waals surface area contributed by atoms with E-state index in [1.165, 1.54) is 19.2 Å². The number of benzene rings is 2. The molecule has 21 heavy (non-hydrogen) atoms. The van der Waals surface area contributed by atoms with Gasteiger partial charge in [0.15, 0.2) is 0 Å². The van der Waals surface area contributed by atoms with Crippen LogP contribution in [0.25, 0.3) is 22.0 Å². The average molecular weight is 286 g/mol. The lowest BCUT2D eigenvalue weighted by Crippen LogP contribution is -2.21. The van der Waals surface area contributed by atoms with E-state index in [9.17, 15) is 14.0 Å². The van der Waals surface area contributed by atoms with Crippen molar-refractivity contribution in [3.05, 3.63) is 63.1 Å². The minimum atomic E-state index is -0.580. The molecular weight excluding hydrogens is 275 g/mol. The molecule has 0 bridgehead atoms. The Morgan fingerprint density at radius 1 is 1.10 bits per heavy atom. The smallest absolute Gasteiger partial charge is 0.326 e. The van der Waals surface area contributed by atoms with Crippen molar-refractivity contribution in [3.63, 3.8) is 0 Å². The van der Waals surface area contributed by atoms with E-state index in [0.29, 0.717) is 16.8 Å². The van der Waals surface area contributed by atoms with Crippen LogP contribution in [0.4, 0.5) is 4.39 Å². The molecule has 3 aromatic rings. The van der Waals surface area contributed by atoms with Crippen molar-refractivity contribution in [2.45, 2.75) is 0 Å². The molecule has 0 saturated carbocycles. The standard InChI is InChI=1S/C15H11FN2O3/c1-21-12-4-2-3-10(16)13(12)8-5-6-11-9(7-8)14(19)18-15(20)17-11/h2-7H,1H3,(H2,17,18,19,20). The SMILES string of the molecule is COc1cccc(F)c1-c1ccc2[nH]c(=O)[nH]c(=O)c2c1. The first-order chi connectivity index (χ1) is 10.1. The summed E-state index contributed by atoms with van der Waals surface area (Å²) in [5.74, 6) is -0.0789. The zero-order valence-corrected chi connectivity index (χ0v) is 11.1. The van der Waals surface area contributed by atoms with Gasteiger partial charge in [0, 0.05) is 0 Å². The normalized spacial score (nSPS) is 10.8. The fourth-order valence-electron chi connectivity index (χ4n) is 2.28. The van der Waals surface area contributed by atoms with Crippen molar-refractivity contribution in [3.8, 4) is 16.9 Å². The van der Waals surface area contributed by atoms with Crippen molar-refractivity contribution in [2.75, 3.05) is 7.11 Å². The van der Waals surface area contributed by atoms with E-state index in [-0.39, 0.29) is 10.9 Å². The molecule has 106 valence electrons. The third kappa shape index (κ3) is 2.20. The molecule has 0 fully saturated rings. The van der Waals surface area contributed by atoms with Gasteiger partial charge in [-0.05, 0) is 29.8 Å². The zero-order valence-electron chi connectivity index (χ0n) is 11.1. The number of methoxy groups -OCH3 is 1. The van der Waals surface area contributed by atoms with Crippen LogP contribution < -0.4 is 16.0 Å². The Morgan fingerprint density at radius 3 is 2.67 bits per heavy atom. The van der Waals surface area contributed by atoms with Gasteiger partial charge in [0.2, 0.25) is 0 Å². The molecule has 0 saturated heterocycles. The quantitative estimate of drug-likeness (QED) is 0.757. The number of ether oxygens (including phenoxy) is 1. The highest BCUT2D eigenvalue weighted by molar-refractivity contribution is 5.85. The van der Waals surface area contributed by atoms with E-state index >= 15 is 0 Å². The van der Waals surface area contributed by atoms with Gasteiger partial charge in [-0.15, -0.1) is 0 Å². The fourth-order valence-corrected chi connectivity index (χ4v) is 2.28. The monoisotopic (exact) mass is 286 g/mol. The van der Waals surface area contributed by atoms with Crippen LogP contribution in [0, 0.1) is 5.82 Å². The van der Waals surface area contributed by atoms with Gasteiger partial charge in [-0.25, -0.2) is 9.18 Å². The van der Waals surface area contributed by atoms with Gasteiger partial charge in [0.25, 0.3) is 5.56 Å². The Labute approximate surface area is 118 Å². The largest absolute Gasteiger partial charge is 0.496 e. The lowest BCUT2D eigenvalue weighted by molar-refractivity contribution is 0.413. The van der Waals surface area contributed by atoms with Crippen molar-refractivity contribution >= 4 is 10.9 Å². The van der Waals surface area contributed by atoms with E-state index < -0.39 is 17.1 Å². The topological polar surface area (TPSA) is 75.0 Å². The number of aromatic nitrogens is 2.